The van der Waals surface area contributed by atoms with Crippen LogP contribution in [0.1, 0.15) is 19.3 Å². The summed E-state index contributed by atoms with van der Waals surface area (Å²) in [5.41, 5.74) is 1.50. The summed E-state index contributed by atoms with van der Waals surface area (Å²) in [7, 11) is 0. The molecule has 10 heavy (non-hydrogen) atoms. The Morgan fingerprint density at radius 1 is 1.40 bits per heavy atom. The molecule has 0 aromatic rings. The number of unbranched alkanes of at least 4 members (excludes halogenated alkanes) is 2. The molecule has 0 radical (unpaired) electrons. The molecule has 58 valence electrons. The molecule has 3 heteroatoms. The second kappa shape index (κ2) is 8.50. The third-order valence-corrected chi connectivity index (χ3v) is 1.22. The number of carbonyl (C=O) groups excluding carboxylic acids is 1. The van der Waals surface area contributed by atoms with E-state index in [1.807, 2.05) is 6.08 Å². The van der Waals surface area contributed by atoms with Crippen LogP contribution in [0.5, 0.6) is 0 Å². The Kier molecular flexibility index (Phi) is 8.07. The van der Waals surface area contributed by atoms with E-state index in [1.165, 1.54) is 5.54 Å². The number of hydrogen-bond acceptors (Lipinski definition) is 2. The molecule has 0 aliphatic carbocycles. The molecule has 0 aromatic carbocycles. The first-order chi connectivity index (χ1) is 4.91. The number of halogens is 1. The van der Waals surface area contributed by atoms with Crippen LogP contribution in [0.25, 0.3) is 0 Å². The highest BCUT2D eigenvalue weighted by Gasteiger charge is 1.84. The largest absolute Gasteiger partial charge is 0.468 e. The van der Waals surface area contributed by atoms with Gasteiger partial charge < -0.3 is 4.74 Å². The van der Waals surface area contributed by atoms with Crippen molar-refractivity contribution in [3.8, 4) is 0 Å². The van der Waals surface area contributed by atoms with Crippen molar-refractivity contribution in [3.63, 3.8) is 0 Å². The number of hydrogen-bond donors (Lipinski definition) is 0. The van der Waals surface area contributed by atoms with Gasteiger partial charge in [0.05, 0.1) is 6.61 Å². The first kappa shape index (κ1) is 9.50. The van der Waals surface area contributed by atoms with Gasteiger partial charge >= 0.3 is 0 Å². The molecule has 0 rings (SSSR count). The van der Waals surface area contributed by atoms with Crippen molar-refractivity contribution in [2.24, 2.45) is 0 Å². The minimum absolute atomic E-state index is 0.470. The van der Waals surface area contributed by atoms with Crippen molar-refractivity contribution in [3.05, 3.63) is 11.6 Å². The van der Waals surface area contributed by atoms with E-state index >= 15 is 0 Å². The van der Waals surface area contributed by atoms with Crippen LogP contribution in [0.4, 0.5) is 0 Å². The second-order valence-electron chi connectivity index (χ2n) is 1.82. The average Bonchev–Trinajstić information content (AvgIpc) is 1.97. The second-order valence-corrected chi connectivity index (χ2v) is 2.08. The molecular weight excluding hydrogens is 152 g/mol. The summed E-state index contributed by atoms with van der Waals surface area (Å²) in [4.78, 5) is 9.64. The maximum atomic E-state index is 9.64. The normalized spacial score (nSPS) is 10.1. The standard InChI is InChI=1S/C7H11ClO2/c8-5-3-1-2-4-6-10-7-9/h3,5,7H,1-2,4,6H2. The third-order valence-electron chi connectivity index (χ3n) is 1.04. The van der Waals surface area contributed by atoms with Crippen LogP contribution in [0.15, 0.2) is 11.6 Å². The minimum atomic E-state index is 0.470. The van der Waals surface area contributed by atoms with Crippen molar-refractivity contribution in [2.75, 3.05) is 6.61 Å². The molecule has 2 nitrogen and oxygen atoms in total. The fourth-order valence-electron chi connectivity index (χ4n) is 0.559. The molecule has 0 heterocycles. The maximum absolute atomic E-state index is 9.64. The van der Waals surface area contributed by atoms with Crippen molar-refractivity contribution in [1.29, 1.82) is 0 Å². The van der Waals surface area contributed by atoms with Crippen LogP contribution in [-0.2, 0) is 9.53 Å². The van der Waals surface area contributed by atoms with Crippen LogP contribution in [0.2, 0.25) is 0 Å². The van der Waals surface area contributed by atoms with Gasteiger partial charge in [0.1, 0.15) is 0 Å². The van der Waals surface area contributed by atoms with Crippen LogP contribution in [-0.4, -0.2) is 13.1 Å². The van der Waals surface area contributed by atoms with Crippen molar-refractivity contribution < 1.29 is 9.53 Å². The van der Waals surface area contributed by atoms with E-state index in [4.69, 9.17) is 11.6 Å². The van der Waals surface area contributed by atoms with Gasteiger partial charge in [-0.2, -0.15) is 0 Å². The van der Waals surface area contributed by atoms with Gasteiger partial charge in [-0.3, -0.25) is 4.79 Å². The number of allylic oxidation sites excluding steroid dienone is 1. The Morgan fingerprint density at radius 3 is 2.80 bits per heavy atom. The molecule has 0 spiro atoms. The lowest BCUT2D eigenvalue weighted by Gasteiger charge is -1.94. The van der Waals surface area contributed by atoms with E-state index in [0.29, 0.717) is 13.1 Å². The van der Waals surface area contributed by atoms with E-state index < -0.39 is 0 Å². The quantitative estimate of drug-likeness (QED) is 0.442. The van der Waals surface area contributed by atoms with E-state index in [0.717, 1.165) is 19.3 Å². The van der Waals surface area contributed by atoms with Gasteiger partial charge in [0, 0.05) is 5.54 Å². The van der Waals surface area contributed by atoms with Gasteiger partial charge in [-0.05, 0) is 19.3 Å². The highest BCUT2D eigenvalue weighted by atomic mass is 35.5. The number of carbonyl (C=O) groups is 1. The van der Waals surface area contributed by atoms with Gasteiger partial charge in [-0.25, -0.2) is 0 Å². The molecule has 0 aromatic heterocycles. The summed E-state index contributed by atoms with van der Waals surface area (Å²) in [6.07, 6.45) is 4.74. The van der Waals surface area contributed by atoms with E-state index in [2.05, 4.69) is 4.74 Å². The van der Waals surface area contributed by atoms with Crippen LogP contribution < -0.4 is 0 Å². The molecular formula is C7H11ClO2. The van der Waals surface area contributed by atoms with Gasteiger partial charge in [0.15, 0.2) is 0 Å². The molecule has 0 N–H and O–H groups in total. The summed E-state index contributed by atoms with van der Waals surface area (Å²) in [5, 5.41) is 0. The molecule has 0 amide bonds. The molecule has 0 fully saturated rings. The lowest BCUT2D eigenvalue weighted by molar-refractivity contribution is -0.128. The van der Waals surface area contributed by atoms with E-state index in [-0.39, 0.29) is 0 Å². The smallest absolute Gasteiger partial charge is 0.293 e. The fraction of sp³-hybridized carbons (Fsp3) is 0.571. The minimum Gasteiger partial charge on any atom is -0.468 e. The average molecular weight is 163 g/mol. The van der Waals surface area contributed by atoms with Gasteiger partial charge in [-0.15, -0.1) is 0 Å². The zero-order valence-corrected chi connectivity index (χ0v) is 6.51. The molecule has 0 bridgehead atoms. The van der Waals surface area contributed by atoms with Gasteiger partial charge in [0.2, 0.25) is 0 Å². The maximum Gasteiger partial charge on any atom is 0.293 e. The Bertz CT molecular complexity index is 102. The van der Waals surface area contributed by atoms with Crippen LogP contribution in [0, 0.1) is 0 Å². The lowest BCUT2D eigenvalue weighted by atomic mass is 10.2. The topological polar surface area (TPSA) is 26.3 Å². The first-order valence-corrected chi connectivity index (χ1v) is 3.66. The molecule has 0 aliphatic rings. The molecule has 0 saturated heterocycles. The predicted octanol–water partition coefficient (Wildman–Crippen LogP) is 2.08. The van der Waals surface area contributed by atoms with Crippen LogP contribution >= 0.6 is 11.6 Å². The van der Waals surface area contributed by atoms with E-state index in [9.17, 15) is 4.79 Å². The summed E-state index contributed by atoms with van der Waals surface area (Å²) in [5.74, 6) is 0. The highest BCUT2D eigenvalue weighted by molar-refractivity contribution is 6.25. The Hall–Kier alpha value is -0.500. The molecule has 0 atom stereocenters. The van der Waals surface area contributed by atoms with Gasteiger partial charge in [0.25, 0.3) is 6.47 Å². The third kappa shape index (κ3) is 7.50. The highest BCUT2D eigenvalue weighted by Crippen LogP contribution is 1.96. The summed E-state index contributed by atoms with van der Waals surface area (Å²) >= 11 is 5.27. The zero-order valence-electron chi connectivity index (χ0n) is 5.75. The van der Waals surface area contributed by atoms with Gasteiger partial charge in [-0.1, -0.05) is 17.7 Å². The van der Waals surface area contributed by atoms with Crippen molar-refractivity contribution >= 4 is 18.1 Å². The van der Waals surface area contributed by atoms with E-state index in [1.54, 1.807) is 0 Å². The fourth-order valence-corrected chi connectivity index (χ4v) is 0.685. The summed E-state index contributed by atoms with van der Waals surface area (Å²) in [6.45, 7) is 0.983. The SMILES string of the molecule is O=COCCCCC=CCl. The Labute approximate surface area is 65.8 Å². The summed E-state index contributed by atoms with van der Waals surface area (Å²) in [6, 6.07) is 0. The lowest BCUT2D eigenvalue weighted by Crippen LogP contribution is -1.90. The Balaban J connectivity index is 2.83. The predicted molar refractivity (Wildman–Crippen MR) is 40.9 cm³/mol. The molecule has 0 aliphatic heterocycles. The number of rotatable bonds is 6. The monoisotopic (exact) mass is 162 g/mol. The summed E-state index contributed by atoms with van der Waals surface area (Å²) < 4.78 is 4.48. The molecule has 0 unspecified atom stereocenters. The first-order valence-electron chi connectivity index (χ1n) is 3.22. The number of ether oxygens (including phenoxy) is 1. The van der Waals surface area contributed by atoms with Crippen LogP contribution in [0.3, 0.4) is 0 Å². The molecule has 0 saturated carbocycles. The Morgan fingerprint density at radius 2 is 2.20 bits per heavy atom. The zero-order chi connectivity index (χ0) is 7.66. The van der Waals surface area contributed by atoms with Crippen molar-refractivity contribution in [2.45, 2.75) is 19.3 Å². The van der Waals surface area contributed by atoms with Crippen molar-refractivity contribution in [1.82, 2.24) is 0 Å².